The first-order chi connectivity index (χ1) is 18.7. The minimum atomic E-state index is -0.268. The minimum absolute atomic E-state index is 0.0294. The molecule has 5 rings (SSSR count). The summed E-state index contributed by atoms with van der Waals surface area (Å²) in [5, 5.41) is 4.60. The van der Waals surface area contributed by atoms with E-state index in [2.05, 4.69) is 33.4 Å². The van der Waals surface area contributed by atoms with Crippen molar-refractivity contribution in [3.8, 4) is 0 Å². The number of carbonyl (C=O) groups is 2. The van der Waals surface area contributed by atoms with Crippen LogP contribution in [0.3, 0.4) is 0 Å². The summed E-state index contributed by atoms with van der Waals surface area (Å²) in [6.07, 6.45) is 6.29. The normalized spacial score (nSPS) is 20.1. The molecule has 2 aliphatic rings. The zero-order chi connectivity index (χ0) is 26.2. The largest absolute Gasteiger partial charge is 0.461 e. The average Bonchev–Trinajstić information content (AvgIpc) is 3.31. The number of ketones is 1. The lowest BCUT2D eigenvalue weighted by Gasteiger charge is -2.26. The van der Waals surface area contributed by atoms with Crippen molar-refractivity contribution in [2.75, 3.05) is 51.3 Å². The molecule has 0 unspecified atom stereocenters. The molecule has 2 atom stereocenters. The maximum Gasteiger partial charge on any atom is 0.338 e. The third-order valence-corrected chi connectivity index (χ3v) is 7.84. The highest BCUT2D eigenvalue weighted by Crippen LogP contribution is 2.33. The van der Waals surface area contributed by atoms with Gasteiger partial charge in [-0.1, -0.05) is 30.3 Å². The molecule has 7 nitrogen and oxygen atoms in total. The summed E-state index contributed by atoms with van der Waals surface area (Å²) >= 11 is 0. The van der Waals surface area contributed by atoms with E-state index in [4.69, 9.17) is 9.47 Å². The monoisotopic (exact) mass is 515 g/mol. The Morgan fingerprint density at radius 1 is 1.11 bits per heavy atom. The van der Waals surface area contributed by atoms with E-state index < -0.39 is 0 Å². The van der Waals surface area contributed by atoms with E-state index in [-0.39, 0.29) is 11.9 Å². The Morgan fingerprint density at radius 3 is 2.84 bits per heavy atom. The van der Waals surface area contributed by atoms with Crippen molar-refractivity contribution in [1.29, 1.82) is 0 Å². The molecule has 1 saturated heterocycles. The van der Waals surface area contributed by atoms with Gasteiger partial charge in [-0.2, -0.15) is 0 Å². The fourth-order valence-corrected chi connectivity index (χ4v) is 5.67. The van der Waals surface area contributed by atoms with Crippen LogP contribution in [0.1, 0.15) is 41.6 Å². The molecule has 1 N–H and O–H groups in total. The summed E-state index contributed by atoms with van der Waals surface area (Å²) in [6, 6.07) is 17.9. The number of pyridine rings is 1. The lowest BCUT2D eigenvalue weighted by atomic mass is 9.89. The van der Waals surface area contributed by atoms with E-state index in [1.54, 1.807) is 6.20 Å². The van der Waals surface area contributed by atoms with Crippen LogP contribution in [0.4, 0.5) is 5.69 Å². The van der Waals surface area contributed by atoms with Gasteiger partial charge in [-0.05, 0) is 61.4 Å². The number of esters is 1. The van der Waals surface area contributed by atoms with E-state index in [0.717, 1.165) is 80.7 Å². The van der Waals surface area contributed by atoms with Crippen molar-refractivity contribution in [2.45, 2.75) is 32.1 Å². The summed E-state index contributed by atoms with van der Waals surface area (Å²) in [7, 11) is 0. The number of nitrogens with one attached hydrogen (secondary N) is 1. The lowest BCUT2D eigenvalue weighted by Crippen LogP contribution is -2.38. The van der Waals surface area contributed by atoms with Crippen LogP contribution >= 0.6 is 0 Å². The molecule has 7 heteroatoms. The molecule has 0 radical (unpaired) electrons. The number of ether oxygens (including phenoxy) is 2. The third-order valence-electron chi connectivity index (χ3n) is 7.84. The number of hydrogen-bond acceptors (Lipinski definition) is 7. The van der Waals surface area contributed by atoms with Gasteiger partial charge in [0.25, 0.3) is 0 Å². The van der Waals surface area contributed by atoms with Gasteiger partial charge < -0.3 is 14.8 Å². The van der Waals surface area contributed by atoms with Crippen LogP contribution in [0, 0.1) is 11.8 Å². The molecule has 2 fully saturated rings. The summed E-state index contributed by atoms with van der Waals surface area (Å²) in [5.41, 5.74) is 3.66. The first kappa shape index (κ1) is 26.3. The molecule has 0 spiro atoms. The van der Waals surface area contributed by atoms with E-state index in [1.807, 2.05) is 36.4 Å². The van der Waals surface area contributed by atoms with Crippen LogP contribution < -0.4 is 5.32 Å². The molecular formula is C31H37N3O4. The standard InChI is InChI=1S/C31H37N3O4/c35-29-13-12-24(27(29)22-33-28-11-3-8-25-10-4-14-32-30(25)28)7-1-5-23-6-2-9-26(21-23)31(36)38-20-17-34-15-18-37-19-16-34/h2-4,6,8-11,14,21,24,27,33H,1,5,7,12-13,15-20,22H2/t24-,27+/m0/s1. The van der Waals surface area contributed by atoms with Gasteiger partial charge in [-0.15, -0.1) is 0 Å². The van der Waals surface area contributed by atoms with Crippen LogP contribution in [-0.2, 0) is 20.7 Å². The maximum atomic E-state index is 12.7. The fourth-order valence-electron chi connectivity index (χ4n) is 5.67. The van der Waals surface area contributed by atoms with Crippen molar-refractivity contribution in [2.24, 2.45) is 11.8 Å². The number of aryl methyl sites for hydroxylation is 1. The Kier molecular flexibility index (Phi) is 8.99. The van der Waals surface area contributed by atoms with Crippen LogP contribution in [0.2, 0.25) is 0 Å². The summed E-state index contributed by atoms with van der Waals surface area (Å²) < 4.78 is 10.9. The molecular weight excluding hydrogens is 478 g/mol. The van der Waals surface area contributed by atoms with Crippen molar-refractivity contribution >= 4 is 28.3 Å². The van der Waals surface area contributed by atoms with Gasteiger partial charge in [-0.3, -0.25) is 14.7 Å². The zero-order valence-corrected chi connectivity index (χ0v) is 21.9. The Labute approximate surface area is 224 Å². The van der Waals surface area contributed by atoms with Crippen LogP contribution in [-0.4, -0.2) is 67.6 Å². The molecule has 1 aliphatic carbocycles. The molecule has 1 aliphatic heterocycles. The van der Waals surface area contributed by atoms with Gasteiger partial charge in [-0.25, -0.2) is 4.79 Å². The highest BCUT2D eigenvalue weighted by Gasteiger charge is 2.33. The number of fused-ring (bicyclic) bond motifs is 1. The summed E-state index contributed by atoms with van der Waals surface area (Å²) in [4.78, 5) is 32.0. The molecule has 2 heterocycles. The lowest BCUT2D eigenvalue weighted by molar-refractivity contribution is -0.120. The van der Waals surface area contributed by atoms with E-state index in [9.17, 15) is 9.59 Å². The second kappa shape index (κ2) is 13.0. The van der Waals surface area contributed by atoms with Gasteiger partial charge in [0, 0.05) is 50.1 Å². The van der Waals surface area contributed by atoms with Crippen LogP contribution in [0.15, 0.2) is 60.8 Å². The number of Topliss-reactive ketones (excluding diaryl/α,β-unsaturated/α-hetero) is 1. The van der Waals surface area contributed by atoms with Gasteiger partial charge in [0.1, 0.15) is 12.4 Å². The van der Waals surface area contributed by atoms with Gasteiger partial charge in [0.15, 0.2) is 0 Å². The van der Waals surface area contributed by atoms with Crippen molar-refractivity contribution in [3.05, 3.63) is 71.9 Å². The number of para-hydroxylation sites is 1. The first-order valence-electron chi connectivity index (χ1n) is 13.8. The summed E-state index contributed by atoms with van der Waals surface area (Å²) in [6.45, 7) is 5.03. The molecule has 2 aromatic carbocycles. The maximum absolute atomic E-state index is 12.7. The van der Waals surface area contributed by atoms with Crippen molar-refractivity contribution in [3.63, 3.8) is 0 Å². The molecule has 1 aromatic heterocycles. The number of anilines is 1. The Morgan fingerprint density at radius 2 is 1.95 bits per heavy atom. The smallest absolute Gasteiger partial charge is 0.338 e. The molecule has 1 saturated carbocycles. The number of hydrogen-bond donors (Lipinski definition) is 1. The highest BCUT2D eigenvalue weighted by atomic mass is 16.5. The van der Waals surface area contributed by atoms with Gasteiger partial charge >= 0.3 is 5.97 Å². The van der Waals surface area contributed by atoms with Gasteiger partial charge in [0.05, 0.1) is 30.0 Å². The Hall–Kier alpha value is -3.29. The predicted octanol–water partition coefficient (Wildman–Crippen LogP) is 4.75. The second-order valence-electron chi connectivity index (χ2n) is 10.3. The Balaban J connectivity index is 1.09. The van der Waals surface area contributed by atoms with E-state index in [1.165, 1.54) is 0 Å². The van der Waals surface area contributed by atoms with E-state index in [0.29, 0.717) is 36.8 Å². The van der Waals surface area contributed by atoms with Crippen molar-refractivity contribution in [1.82, 2.24) is 9.88 Å². The molecule has 0 bridgehead atoms. The second-order valence-corrected chi connectivity index (χ2v) is 10.3. The minimum Gasteiger partial charge on any atom is -0.461 e. The predicted molar refractivity (Wildman–Crippen MR) is 148 cm³/mol. The zero-order valence-electron chi connectivity index (χ0n) is 21.9. The molecule has 0 amide bonds. The third kappa shape index (κ3) is 6.77. The number of benzene rings is 2. The topological polar surface area (TPSA) is 80.8 Å². The van der Waals surface area contributed by atoms with Gasteiger partial charge in [0.2, 0.25) is 0 Å². The number of nitrogens with zero attached hydrogens (tertiary/aromatic N) is 2. The SMILES string of the molecule is O=C(OCCN1CCOCC1)c1cccc(CCC[C@H]2CCC(=O)[C@@H]2CNc2cccc3cccnc23)c1. The number of carbonyl (C=O) groups excluding carboxylic acids is 2. The quantitative estimate of drug-likeness (QED) is 0.369. The fraction of sp³-hybridized carbons (Fsp3) is 0.452. The number of aromatic nitrogens is 1. The first-order valence-corrected chi connectivity index (χ1v) is 13.8. The van der Waals surface area contributed by atoms with Crippen LogP contribution in [0.5, 0.6) is 0 Å². The van der Waals surface area contributed by atoms with E-state index >= 15 is 0 Å². The van der Waals surface area contributed by atoms with Crippen molar-refractivity contribution < 1.29 is 19.1 Å². The molecule has 38 heavy (non-hydrogen) atoms. The number of morpholine rings is 1. The average molecular weight is 516 g/mol. The molecule has 200 valence electrons. The highest BCUT2D eigenvalue weighted by molar-refractivity contribution is 5.91. The van der Waals surface area contributed by atoms with Crippen LogP contribution in [0.25, 0.3) is 10.9 Å². The Bertz CT molecular complexity index is 1240. The molecule has 3 aromatic rings. The summed E-state index contributed by atoms with van der Waals surface area (Å²) in [5.74, 6) is 0.501. The number of rotatable bonds is 11.